The summed E-state index contributed by atoms with van der Waals surface area (Å²) in [7, 11) is 0. The van der Waals surface area contributed by atoms with Crippen molar-refractivity contribution in [2.24, 2.45) is 0 Å². The molecule has 0 aliphatic carbocycles. The molecule has 28 heavy (non-hydrogen) atoms. The molecule has 6 heteroatoms. The van der Waals surface area contributed by atoms with Gasteiger partial charge in [0.05, 0.1) is 0 Å². The molecule has 5 nitrogen and oxygen atoms in total. The monoisotopic (exact) mass is 392 g/mol. The van der Waals surface area contributed by atoms with Crippen LogP contribution in [0.25, 0.3) is 0 Å². The number of aryl methyl sites for hydroxylation is 2. The molecule has 2 aromatic carbocycles. The van der Waals surface area contributed by atoms with Crippen molar-refractivity contribution in [2.75, 3.05) is 5.32 Å². The van der Waals surface area contributed by atoms with E-state index in [1.807, 2.05) is 50.2 Å². The summed E-state index contributed by atoms with van der Waals surface area (Å²) in [5.41, 5.74) is 3.07. The highest BCUT2D eigenvalue weighted by atomic mass is 32.2. The zero-order chi connectivity index (χ0) is 19.8. The summed E-state index contributed by atoms with van der Waals surface area (Å²) in [6.45, 7) is 4.00. The summed E-state index contributed by atoms with van der Waals surface area (Å²) in [6, 6.07) is 17.9. The van der Waals surface area contributed by atoms with Gasteiger partial charge in [-0.2, -0.15) is 0 Å². The number of hydrogen-bond donors (Lipinski definition) is 2. The Kier molecular flexibility index (Phi) is 7.03. The molecule has 1 unspecified atom stereocenters. The summed E-state index contributed by atoms with van der Waals surface area (Å²) in [5.74, 6) is 0. The van der Waals surface area contributed by atoms with E-state index >= 15 is 0 Å². The zero-order valence-electron chi connectivity index (χ0n) is 16.1. The number of amides is 2. The van der Waals surface area contributed by atoms with Crippen molar-refractivity contribution >= 4 is 23.5 Å². The molecule has 3 aromatic rings. The highest BCUT2D eigenvalue weighted by Crippen LogP contribution is 2.27. The SMILES string of the molecule is Cc1cc(Sc2ncccn2)ccc1NC(=O)NC(C)CCc1ccccc1. The Morgan fingerprint density at radius 2 is 1.82 bits per heavy atom. The molecule has 144 valence electrons. The summed E-state index contributed by atoms with van der Waals surface area (Å²) in [6.07, 6.45) is 5.28. The lowest BCUT2D eigenvalue weighted by molar-refractivity contribution is 0.248. The van der Waals surface area contributed by atoms with Crippen molar-refractivity contribution in [3.05, 3.63) is 78.1 Å². The maximum absolute atomic E-state index is 12.3. The Balaban J connectivity index is 1.50. The first-order chi connectivity index (χ1) is 13.6. The van der Waals surface area contributed by atoms with Crippen molar-refractivity contribution in [1.29, 1.82) is 0 Å². The van der Waals surface area contributed by atoms with Gasteiger partial charge in [0.25, 0.3) is 0 Å². The molecule has 0 radical (unpaired) electrons. The summed E-state index contributed by atoms with van der Waals surface area (Å²) in [4.78, 5) is 21.8. The van der Waals surface area contributed by atoms with E-state index in [9.17, 15) is 4.79 Å². The normalized spacial score (nSPS) is 11.6. The Morgan fingerprint density at radius 3 is 2.54 bits per heavy atom. The molecule has 2 N–H and O–H groups in total. The van der Waals surface area contributed by atoms with Crippen molar-refractivity contribution < 1.29 is 4.79 Å². The lowest BCUT2D eigenvalue weighted by Crippen LogP contribution is -2.36. The standard InChI is InChI=1S/C22H24N4OS/c1-16-15-19(28-22-23-13-6-14-24-22)11-12-20(16)26-21(27)25-17(2)9-10-18-7-4-3-5-8-18/h3-8,11-15,17H,9-10H2,1-2H3,(H2,25,26,27). The maximum atomic E-state index is 12.3. The van der Waals surface area contributed by atoms with Crippen LogP contribution in [0.4, 0.5) is 10.5 Å². The third kappa shape index (κ3) is 6.09. The second kappa shape index (κ2) is 9.90. The van der Waals surface area contributed by atoms with Crippen molar-refractivity contribution in [1.82, 2.24) is 15.3 Å². The second-order valence-electron chi connectivity index (χ2n) is 6.63. The predicted octanol–water partition coefficient (Wildman–Crippen LogP) is 5.08. The molecule has 0 saturated heterocycles. The number of rotatable bonds is 7. The van der Waals surface area contributed by atoms with Crippen LogP contribution < -0.4 is 10.6 Å². The van der Waals surface area contributed by atoms with E-state index < -0.39 is 0 Å². The van der Waals surface area contributed by atoms with Crippen LogP contribution in [0.3, 0.4) is 0 Å². The molecule has 0 aliphatic heterocycles. The van der Waals surface area contributed by atoms with Gasteiger partial charge >= 0.3 is 6.03 Å². The largest absolute Gasteiger partial charge is 0.335 e. The topological polar surface area (TPSA) is 66.9 Å². The van der Waals surface area contributed by atoms with Crippen molar-refractivity contribution in [3.8, 4) is 0 Å². The lowest BCUT2D eigenvalue weighted by atomic mass is 10.1. The molecule has 1 aromatic heterocycles. The van der Waals surface area contributed by atoms with Gasteiger partial charge in [-0.1, -0.05) is 30.3 Å². The lowest BCUT2D eigenvalue weighted by Gasteiger charge is -2.16. The highest BCUT2D eigenvalue weighted by Gasteiger charge is 2.10. The number of aromatic nitrogens is 2. The van der Waals surface area contributed by atoms with Crippen LogP contribution in [-0.2, 0) is 6.42 Å². The second-order valence-corrected chi connectivity index (χ2v) is 7.67. The van der Waals surface area contributed by atoms with E-state index in [1.165, 1.54) is 17.3 Å². The number of nitrogens with one attached hydrogen (secondary N) is 2. The Labute approximate surface area is 170 Å². The maximum Gasteiger partial charge on any atom is 0.319 e. The highest BCUT2D eigenvalue weighted by molar-refractivity contribution is 7.99. The van der Waals surface area contributed by atoms with E-state index in [0.717, 1.165) is 29.0 Å². The van der Waals surface area contributed by atoms with Gasteiger partial charge in [0.15, 0.2) is 5.16 Å². The van der Waals surface area contributed by atoms with Gasteiger partial charge in [-0.15, -0.1) is 0 Å². The first kappa shape index (κ1) is 19.9. The van der Waals surface area contributed by atoms with E-state index in [0.29, 0.717) is 5.16 Å². The number of carbonyl (C=O) groups is 1. The molecular weight excluding hydrogens is 368 g/mol. The minimum atomic E-state index is -0.185. The van der Waals surface area contributed by atoms with Crippen LogP contribution in [0.2, 0.25) is 0 Å². The van der Waals surface area contributed by atoms with E-state index in [-0.39, 0.29) is 12.1 Å². The van der Waals surface area contributed by atoms with Crippen LogP contribution in [0.1, 0.15) is 24.5 Å². The van der Waals surface area contributed by atoms with Gasteiger partial charge in [0.1, 0.15) is 0 Å². The third-order valence-corrected chi connectivity index (χ3v) is 5.17. The van der Waals surface area contributed by atoms with Crippen LogP contribution >= 0.6 is 11.8 Å². The third-order valence-electron chi connectivity index (χ3n) is 4.28. The number of benzene rings is 2. The number of anilines is 1. The smallest absolute Gasteiger partial charge is 0.319 e. The molecule has 1 atom stereocenters. The van der Waals surface area contributed by atoms with Crippen molar-refractivity contribution in [3.63, 3.8) is 0 Å². The molecular formula is C22H24N4OS. The molecule has 3 rings (SSSR count). The molecule has 0 saturated carbocycles. The van der Waals surface area contributed by atoms with Crippen molar-refractivity contribution in [2.45, 2.75) is 42.8 Å². The molecule has 0 fully saturated rings. The minimum absolute atomic E-state index is 0.0885. The first-order valence-electron chi connectivity index (χ1n) is 9.27. The van der Waals surface area contributed by atoms with Crippen LogP contribution in [0, 0.1) is 6.92 Å². The average molecular weight is 393 g/mol. The number of nitrogens with zero attached hydrogens (tertiary/aromatic N) is 2. The van der Waals surface area contributed by atoms with E-state index in [1.54, 1.807) is 18.5 Å². The van der Waals surface area contributed by atoms with E-state index in [2.05, 4.69) is 32.7 Å². The van der Waals surface area contributed by atoms with Gasteiger partial charge < -0.3 is 10.6 Å². The quantitative estimate of drug-likeness (QED) is 0.550. The van der Waals surface area contributed by atoms with Crippen LogP contribution in [0.5, 0.6) is 0 Å². The molecule has 0 spiro atoms. The zero-order valence-corrected chi connectivity index (χ0v) is 16.9. The summed E-state index contributed by atoms with van der Waals surface area (Å²) >= 11 is 1.49. The van der Waals surface area contributed by atoms with E-state index in [4.69, 9.17) is 0 Å². The summed E-state index contributed by atoms with van der Waals surface area (Å²) in [5, 5.41) is 6.65. The molecule has 0 aliphatic rings. The molecule has 1 heterocycles. The van der Waals surface area contributed by atoms with Gasteiger partial charge in [-0.3, -0.25) is 0 Å². The minimum Gasteiger partial charge on any atom is -0.335 e. The summed E-state index contributed by atoms with van der Waals surface area (Å²) < 4.78 is 0. The molecule has 0 bridgehead atoms. The number of urea groups is 1. The predicted molar refractivity (Wildman–Crippen MR) is 114 cm³/mol. The fourth-order valence-electron chi connectivity index (χ4n) is 2.77. The van der Waals surface area contributed by atoms with Gasteiger partial charge in [0, 0.05) is 29.0 Å². The van der Waals surface area contributed by atoms with Gasteiger partial charge in [-0.05, 0) is 73.8 Å². The Morgan fingerprint density at radius 1 is 1.07 bits per heavy atom. The van der Waals surface area contributed by atoms with Crippen LogP contribution in [-0.4, -0.2) is 22.0 Å². The Hall–Kier alpha value is -2.86. The number of hydrogen-bond acceptors (Lipinski definition) is 4. The molecule has 2 amide bonds. The fraction of sp³-hybridized carbons (Fsp3) is 0.227. The van der Waals surface area contributed by atoms with Gasteiger partial charge in [-0.25, -0.2) is 14.8 Å². The average Bonchev–Trinajstić information content (AvgIpc) is 2.70. The Bertz CT molecular complexity index is 903. The van der Waals surface area contributed by atoms with Crippen LogP contribution in [0.15, 0.2) is 77.0 Å². The number of carbonyl (C=O) groups excluding carboxylic acids is 1. The fourth-order valence-corrected chi connectivity index (χ4v) is 3.58. The van der Waals surface area contributed by atoms with Gasteiger partial charge in [0.2, 0.25) is 0 Å². The first-order valence-corrected chi connectivity index (χ1v) is 10.1.